The molecule has 17 heavy (non-hydrogen) atoms. The van der Waals surface area contributed by atoms with Crippen molar-refractivity contribution in [2.45, 2.75) is 65.5 Å². The Kier molecular flexibility index (Phi) is 2.91. The number of ether oxygens (including phenoxy) is 1. The van der Waals surface area contributed by atoms with Crippen LogP contribution < -0.4 is 5.32 Å². The summed E-state index contributed by atoms with van der Waals surface area (Å²) in [4.78, 5) is 11.8. The van der Waals surface area contributed by atoms with Crippen molar-refractivity contribution in [2.75, 3.05) is 0 Å². The van der Waals surface area contributed by atoms with Gasteiger partial charge in [-0.2, -0.15) is 0 Å². The fourth-order valence-electron chi connectivity index (χ4n) is 3.66. The van der Waals surface area contributed by atoms with E-state index in [-0.39, 0.29) is 6.09 Å². The van der Waals surface area contributed by atoms with Gasteiger partial charge in [-0.3, -0.25) is 0 Å². The number of nitrogens with one attached hydrogen (secondary N) is 1. The van der Waals surface area contributed by atoms with Crippen molar-refractivity contribution in [1.29, 1.82) is 0 Å². The van der Waals surface area contributed by atoms with Gasteiger partial charge in [-0.1, -0.05) is 13.8 Å². The Bertz CT molecular complexity index is 317. The first-order valence-electron chi connectivity index (χ1n) is 6.69. The molecule has 3 heteroatoms. The third-order valence-electron chi connectivity index (χ3n) is 4.56. The Morgan fingerprint density at radius 2 is 1.94 bits per heavy atom. The Morgan fingerprint density at radius 3 is 2.35 bits per heavy atom. The van der Waals surface area contributed by atoms with Gasteiger partial charge >= 0.3 is 6.09 Å². The zero-order chi connectivity index (χ0) is 12.8. The molecule has 0 aromatic rings. The minimum atomic E-state index is -0.406. The number of fused-ring (bicyclic) bond motifs is 2. The zero-order valence-corrected chi connectivity index (χ0v) is 11.7. The van der Waals surface area contributed by atoms with E-state index in [2.05, 4.69) is 19.2 Å². The van der Waals surface area contributed by atoms with Gasteiger partial charge in [-0.25, -0.2) is 4.79 Å². The van der Waals surface area contributed by atoms with Gasteiger partial charge in [0.1, 0.15) is 5.60 Å². The first-order valence-corrected chi connectivity index (χ1v) is 6.69. The molecular formula is C14H25NO2. The van der Waals surface area contributed by atoms with Crippen LogP contribution in [0.2, 0.25) is 0 Å². The van der Waals surface area contributed by atoms with E-state index in [9.17, 15) is 4.79 Å². The molecule has 0 aromatic heterocycles. The molecule has 0 heterocycles. The standard InChI is InChI=1S/C14H25NO2/c1-13(2,3)17-12(16)15-11-8-9-6-7-10(11)14(9,4)5/h9-11H,6-8H2,1-5H3,(H,15,16)/t9-,10+,11-/m1/s1. The lowest BCUT2D eigenvalue weighted by molar-refractivity contribution is 0.0481. The highest BCUT2D eigenvalue weighted by molar-refractivity contribution is 5.68. The largest absolute Gasteiger partial charge is 0.444 e. The molecule has 2 aliphatic rings. The monoisotopic (exact) mass is 239 g/mol. The zero-order valence-electron chi connectivity index (χ0n) is 11.7. The molecule has 2 fully saturated rings. The summed E-state index contributed by atoms with van der Waals surface area (Å²) in [5.41, 5.74) is -0.0170. The van der Waals surface area contributed by atoms with Crippen molar-refractivity contribution in [3.8, 4) is 0 Å². The smallest absolute Gasteiger partial charge is 0.407 e. The topological polar surface area (TPSA) is 38.3 Å². The van der Waals surface area contributed by atoms with Crippen molar-refractivity contribution in [3.63, 3.8) is 0 Å². The average Bonchev–Trinajstić information content (AvgIpc) is 2.50. The van der Waals surface area contributed by atoms with Crippen LogP contribution in [-0.2, 0) is 4.74 Å². The minimum Gasteiger partial charge on any atom is -0.444 e. The Balaban J connectivity index is 1.92. The van der Waals surface area contributed by atoms with Crippen LogP contribution in [0.3, 0.4) is 0 Å². The van der Waals surface area contributed by atoms with Crippen molar-refractivity contribution >= 4 is 6.09 Å². The lowest BCUT2D eigenvalue weighted by Crippen LogP contribution is -2.42. The lowest BCUT2D eigenvalue weighted by Gasteiger charge is -2.28. The minimum absolute atomic E-state index is 0.258. The SMILES string of the molecule is CC(C)(C)OC(=O)N[C@@H]1C[C@H]2CC[C@@H]1C2(C)C. The van der Waals surface area contributed by atoms with E-state index in [1.807, 2.05) is 20.8 Å². The molecule has 2 bridgehead atoms. The third kappa shape index (κ3) is 2.43. The third-order valence-corrected chi connectivity index (χ3v) is 4.56. The van der Waals surface area contributed by atoms with Crippen LogP contribution in [0.1, 0.15) is 53.9 Å². The summed E-state index contributed by atoms with van der Waals surface area (Å²) in [6.45, 7) is 10.4. The van der Waals surface area contributed by atoms with Crippen molar-refractivity contribution in [1.82, 2.24) is 5.32 Å². The molecule has 3 atom stereocenters. The maximum Gasteiger partial charge on any atom is 0.407 e. The molecule has 0 aromatic carbocycles. The Hall–Kier alpha value is -0.730. The van der Waals surface area contributed by atoms with E-state index in [0.29, 0.717) is 17.4 Å². The maximum atomic E-state index is 11.8. The van der Waals surface area contributed by atoms with Crippen molar-refractivity contribution < 1.29 is 9.53 Å². The molecule has 0 spiro atoms. The van der Waals surface area contributed by atoms with Crippen molar-refractivity contribution in [3.05, 3.63) is 0 Å². The predicted molar refractivity (Wildman–Crippen MR) is 67.8 cm³/mol. The van der Waals surface area contributed by atoms with Crippen LogP contribution >= 0.6 is 0 Å². The van der Waals surface area contributed by atoms with E-state index < -0.39 is 5.60 Å². The lowest BCUT2D eigenvalue weighted by atomic mass is 9.81. The fraction of sp³-hybridized carbons (Fsp3) is 0.929. The second-order valence-corrected chi connectivity index (χ2v) is 7.19. The van der Waals surface area contributed by atoms with Crippen LogP contribution in [0.25, 0.3) is 0 Å². The van der Waals surface area contributed by atoms with Gasteiger partial charge in [-0.05, 0) is 57.3 Å². The molecule has 0 aliphatic heterocycles. The maximum absolute atomic E-state index is 11.8. The normalized spacial score (nSPS) is 34.8. The van der Waals surface area contributed by atoms with Gasteiger partial charge in [-0.15, -0.1) is 0 Å². The highest BCUT2D eigenvalue weighted by atomic mass is 16.6. The number of carbonyl (C=O) groups excluding carboxylic acids is 1. The van der Waals surface area contributed by atoms with Crippen LogP contribution in [0.4, 0.5) is 4.79 Å². The molecule has 0 radical (unpaired) electrons. The van der Waals surface area contributed by atoms with Gasteiger partial charge in [0, 0.05) is 6.04 Å². The summed E-state index contributed by atoms with van der Waals surface area (Å²) in [5, 5.41) is 3.06. The number of alkyl carbamates (subject to hydrolysis) is 1. The van der Waals surface area contributed by atoms with E-state index in [1.165, 1.54) is 12.8 Å². The van der Waals surface area contributed by atoms with E-state index in [1.54, 1.807) is 0 Å². The molecule has 98 valence electrons. The van der Waals surface area contributed by atoms with Crippen LogP contribution in [0.15, 0.2) is 0 Å². The number of hydrogen-bond acceptors (Lipinski definition) is 2. The first kappa shape index (κ1) is 12.7. The number of rotatable bonds is 1. The molecular weight excluding hydrogens is 214 g/mol. The molecule has 3 nitrogen and oxygen atoms in total. The second-order valence-electron chi connectivity index (χ2n) is 7.19. The van der Waals surface area contributed by atoms with E-state index >= 15 is 0 Å². The molecule has 2 rings (SSSR count). The molecule has 0 unspecified atom stereocenters. The molecule has 0 saturated heterocycles. The molecule has 2 aliphatic carbocycles. The van der Waals surface area contributed by atoms with Crippen molar-refractivity contribution in [2.24, 2.45) is 17.3 Å². The fourth-order valence-corrected chi connectivity index (χ4v) is 3.66. The van der Waals surface area contributed by atoms with E-state index in [4.69, 9.17) is 4.74 Å². The Morgan fingerprint density at radius 1 is 1.29 bits per heavy atom. The summed E-state index contributed by atoms with van der Waals surface area (Å²) in [7, 11) is 0. The Labute approximate surface area is 104 Å². The first-order chi connectivity index (χ1) is 7.70. The number of carbonyl (C=O) groups is 1. The molecule has 1 amide bonds. The van der Waals surface area contributed by atoms with Gasteiger partial charge in [0.25, 0.3) is 0 Å². The van der Waals surface area contributed by atoms with Gasteiger partial charge in [0.2, 0.25) is 0 Å². The number of hydrogen-bond donors (Lipinski definition) is 1. The van der Waals surface area contributed by atoms with Gasteiger partial charge < -0.3 is 10.1 Å². The van der Waals surface area contributed by atoms with Gasteiger partial charge in [0.05, 0.1) is 0 Å². The van der Waals surface area contributed by atoms with Crippen LogP contribution in [0, 0.1) is 17.3 Å². The van der Waals surface area contributed by atoms with Crippen LogP contribution in [0.5, 0.6) is 0 Å². The van der Waals surface area contributed by atoms with E-state index in [0.717, 1.165) is 12.3 Å². The average molecular weight is 239 g/mol. The predicted octanol–water partition coefficient (Wildman–Crippen LogP) is 3.34. The molecule has 1 N–H and O–H groups in total. The second kappa shape index (κ2) is 3.89. The summed E-state index contributed by atoms with van der Waals surface area (Å²) in [6, 6.07) is 0.318. The summed E-state index contributed by atoms with van der Waals surface area (Å²) in [5.74, 6) is 1.40. The van der Waals surface area contributed by atoms with Crippen LogP contribution in [-0.4, -0.2) is 17.7 Å². The summed E-state index contributed by atoms with van der Waals surface area (Å²) in [6.07, 6.45) is 3.44. The highest BCUT2D eigenvalue weighted by Gasteiger charge is 2.53. The highest BCUT2D eigenvalue weighted by Crippen LogP contribution is 2.57. The number of amides is 1. The summed E-state index contributed by atoms with van der Waals surface area (Å²) < 4.78 is 5.33. The summed E-state index contributed by atoms with van der Waals surface area (Å²) >= 11 is 0. The van der Waals surface area contributed by atoms with Gasteiger partial charge in [0.15, 0.2) is 0 Å². The quantitative estimate of drug-likeness (QED) is 0.762. The molecule has 2 saturated carbocycles.